The minimum Gasteiger partial charge on any atom is -0.445 e. The Hall–Kier alpha value is -0.853. The summed E-state index contributed by atoms with van der Waals surface area (Å²) in [6.45, 7) is 12.0. The maximum absolute atomic E-state index is 12.0. The number of benzene rings is 1. The third-order valence-electron chi connectivity index (χ3n) is 4.86. The Balaban J connectivity index is 2.52. The summed E-state index contributed by atoms with van der Waals surface area (Å²) in [4.78, 5) is 12.0. The maximum atomic E-state index is 12.0. The van der Waals surface area contributed by atoms with E-state index in [1.165, 1.54) is 0 Å². The number of nitrogens with one attached hydrogen (secondary N) is 1. The van der Waals surface area contributed by atoms with Crippen LogP contribution < -0.4 is 5.32 Å². The second-order valence-corrected chi connectivity index (χ2v) is 13.7. The summed E-state index contributed by atoms with van der Waals surface area (Å²) in [6, 6.07) is 9.69. The van der Waals surface area contributed by atoms with Gasteiger partial charge < -0.3 is 14.5 Å². The average Bonchev–Trinajstić information content (AvgIpc) is 2.57. The van der Waals surface area contributed by atoms with Crippen molar-refractivity contribution in [1.29, 1.82) is 0 Å². The molecule has 0 bridgehead atoms. The molecule has 26 heavy (non-hydrogen) atoms. The van der Waals surface area contributed by atoms with E-state index in [0.717, 1.165) is 30.2 Å². The number of halogens is 1. The first kappa shape index (κ1) is 23.2. The maximum Gasteiger partial charge on any atom is 0.407 e. The zero-order valence-corrected chi connectivity index (χ0v) is 19.4. The smallest absolute Gasteiger partial charge is 0.407 e. The number of rotatable bonds is 10. The molecular formula is C20H34BrNO3Si. The molecule has 0 heterocycles. The van der Waals surface area contributed by atoms with Gasteiger partial charge in [0.2, 0.25) is 0 Å². The summed E-state index contributed by atoms with van der Waals surface area (Å²) in [5.41, 5.74) is 0.981. The van der Waals surface area contributed by atoms with Crippen LogP contribution in [-0.4, -0.2) is 32.4 Å². The fourth-order valence-corrected chi connectivity index (χ4v) is 4.02. The number of hydrogen-bond acceptors (Lipinski definition) is 3. The summed E-state index contributed by atoms with van der Waals surface area (Å²) in [6.07, 6.45) is 2.76. The van der Waals surface area contributed by atoms with Crippen molar-refractivity contribution < 1.29 is 14.0 Å². The van der Waals surface area contributed by atoms with E-state index in [1.807, 2.05) is 30.3 Å². The van der Waals surface area contributed by atoms with Crippen LogP contribution >= 0.6 is 15.9 Å². The Morgan fingerprint density at radius 2 is 1.85 bits per heavy atom. The van der Waals surface area contributed by atoms with E-state index in [-0.39, 0.29) is 17.7 Å². The van der Waals surface area contributed by atoms with Gasteiger partial charge in [0.05, 0.1) is 6.10 Å². The number of alkyl halides is 1. The second kappa shape index (κ2) is 11.1. The molecule has 1 aromatic rings. The largest absolute Gasteiger partial charge is 0.445 e. The summed E-state index contributed by atoms with van der Waals surface area (Å²) in [7, 11) is -1.88. The second-order valence-electron chi connectivity index (χ2n) is 8.13. The van der Waals surface area contributed by atoms with E-state index in [1.54, 1.807) is 0 Å². The van der Waals surface area contributed by atoms with Crippen LogP contribution in [0.3, 0.4) is 0 Å². The van der Waals surface area contributed by atoms with Gasteiger partial charge in [-0.3, -0.25) is 0 Å². The van der Waals surface area contributed by atoms with E-state index in [0.29, 0.717) is 6.54 Å². The van der Waals surface area contributed by atoms with Crippen molar-refractivity contribution in [2.45, 2.75) is 70.9 Å². The van der Waals surface area contributed by atoms with Crippen LogP contribution in [0.4, 0.5) is 4.79 Å². The van der Waals surface area contributed by atoms with Crippen LogP contribution in [-0.2, 0) is 15.8 Å². The van der Waals surface area contributed by atoms with Gasteiger partial charge in [-0.1, -0.05) is 73.5 Å². The number of ether oxygens (including phenoxy) is 1. The lowest BCUT2D eigenvalue weighted by molar-refractivity contribution is 0.125. The van der Waals surface area contributed by atoms with E-state index in [4.69, 9.17) is 9.16 Å². The number of carbonyl (C=O) groups is 1. The molecule has 0 aromatic heterocycles. The normalized spacial score (nSPS) is 13.3. The van der Waals surface area contributed by atoms with E-state index in [9.17, 15) is 4.79 Å². The predicted molar refractivity (Wildman–Crippen MR) is 114 cm³/mol. The van der Waals surface area contributed by atoms with Gasteiger partial charge in [-0.2, -0.15) is 0 Å². The lowest BCUT2D eigenvalue weighted by Gasteiger charge is -2.39. The minimum absolute atomic E-state index is 0.0271. The van der Waals surface area contributed by atoms with Crippen LogP contribution in [0.15, 0.2) is 30.3 Å². The molecule has 0 saturated heterocycles. The van der Waals surface area contributed by atoms with Gasteiger partial charge in [0.25, 0.3) is 0 Å². The van der Waals surface area contributed by atoms with Crippen LogP contribution in [0.1, 0.15) is 45.6 Å². The highest BCUT2D eigenvalue weighted by Gasteiger charge is 2.39. The first-order chi connectivity index (χ1) is 12.2. The van der Waals surface area contributed by atoms with E-state index in [2.05, 4.69) is 55.1 Å². The molecule has 0 fully saturated rings. The lowest BCUT2D eigenvalue weighted by atomic mass is 10.1. The monoisotopic (exact) mass is 443 g/mol. The zero-order valence-electron chi connectivity index (χ0n) is 16.8. The van der Waals surface area contributed by atoms with Crippen molar-refractivity contribution in [2.24, 2.45) is 0 Å². The fourth-order valence-electron chi connectivity index (χ4n) is 2.23. The molecule has 0 unspecified atom stereocenters. The number of amides is 1. The van der Waals surface area contributed by atoms with Gasteiger partial charge in [-0.15, -0.1) is 0 Å². The Labute approximate surface area is 168 Å². The SMILES string of the molecule is CC(C)(C)[Si](C)(C)O[C@H](CCCCBr)CNC(=O)OCc1ccccc1. The molecule has 1 N–H and O–H groups in total. The Bertz CT molecular complexity index is 532. The van der Waals surface area contributed by atoms with Crippen molar-refractivity contribution in [2.75, 3.05) is 11.9 Å². The van der Waals surface area contributed by atoms with Crippen molar-refractivity contribution >= 4 is 30.3 Å². The van der Waals surface area contributed by atoms with Crippen LogP contribution in [0.5, 0.6) is 0 Å². The van der Waals surface area contributed by atoms with E-state index < -0.39 is 14.4 Å². The topological polar surface area (TPSA) is 47.6 Å². The molecule has 6 heteroatoms. The zero-order chi connectivity index (χ0) is 19.6. The predicted octanol–water partition coefficient (Wildman–Crippen LogP) is 5.87. The third-order valence-corrected chi connectivity index (χ3v) is 9.96. The van der Waals surface area contributed by atoms with Crippen molar-refractivity contribution in [3.05, 3.63) is 35.9 Å². The van der Waals surface area contributed by atoms with Crippen LogP contribution in [0, 0.1) is 0 Å². The molecule has 1 atom stereocenters. The van der Waals surface area contributed by atoms with Gasteiger partial charge in [-0.05, 0) is 36.5 Å². The number of hydrogen-bond donors (Lipinski definition) is 1. The molecule has 0 aliphatic carbocycles. The van der Waals surface area contributed by atoms with Crippen molar-refractivity contribution in [3.63, 3.8) is 0 Å². The standard InChI is InChI=1S/C20H34BrNO3Si/c1-20(2,3)26(4,5)25-18(13-9-10-14-21)15-22-19(23)24-16-17-11-7-6-8-12-17/h6-8,11-12,18H,9-10,13-16H2,1-5H3,(H,22,23)/t18-/m1/s1. The van der Waals surface area contributed by atoms with Crippen molar-refractivity contribution in [1.82, 2.24) is 5.32 Å². The lowest BCUT2D eigenvalue weighted by Crippen LogP contribution is -2.47. The minimum atomic E-state index is -1.88. The Kier molecular flexibility index (Phi) is 9.89. The van der Waals surface area contributed by atoms with Gasteiger partial charge >= 0.3 is 6.09 Å². The highest BCUT2D eigenvalue weighted by atomic mass is 79.9. The average molecular weight is 444 g/mol. The first-order valence-electron chi connectivity index (χ1n) is 9.34. The molecular weight excluding hydrogens is 410 g/mol. The van der Waals surface area contributed by atoms with Gasteiger partial charge in [-0.25, -0.2) is 4.79 Å². The fraction of sp³-hybridized carbons (Fsp3) is 0.650. The third kappa shape index (κ3) is 8.69. The molecule has 4 nitrogen and oxygen atoms in total. The number of carbonyl (C=O) groups excluding carboxylic acids is 1. The van der Waals surface area contributed by atoms with Gasteiger partial charge in [0, 0.05) is 11.9 Å². The molecule has 1 amide bonds. The first-order valence-corrected chi connectivity index (χ1v) is 13.4. The van der Waals surface area contributed by atoms with Gasteiger partial charge in [0.15, 0.2) is 8.32 Å². The van der Waals surface area contributed by atoms with Crippen LogP contribution in [0.2, 0.25) is 18.1 Å². The summed E-state index contributed by atoms with van der Waals surface area (Å²) in [5.74, 6) is 0. The molecule has 148 valence electrons. The quantitative estimate of drug-likeness (QED) is 0.279. The van der Waals surface area contributed by atoms with E-state index >= 15 is 0 Å². The van der Waals surface area contributed by atoms with Gasteiger partial charge in [0.1, 0.15) is 6.61 Å². The highest BCUT2D eigenvalue weighted by Crippen LogP contribution is 2.37. The highest BCUT2D eigenvalue weighted by molar-refractivity contribution is 9.09. The summed E-state index contributed by atoms with van der Waals surface area (Å²) >= 11 is 3.48. The van der Waals surface area contributed by atoms with Crippen molar-refractivity contribution in [3.8, 4) is 0 Å². The summed E-state index contributed by atoms with van der Waals surface area (Å²) < 4.78 is 11.8. The molecule has 0 spiro atoms. The molecule has 1 rings (SSSR count). The molecule has 0 aliphatic rings. The Morgan fingerprint density at radius 1 is 1.19 bits per heavy atom. The molecule has 0 radical (unpaired) electrons. The number of unbranched alkanes of at least 4 members (excludes halogenated alkanes) is 1. The Morgan fingerprint density at radius 3 is 2.42 bits per heavy atom. The van der Waals surface area contributed by atoms with Crippen LogP contribution in [0.25, 0.3) is 0 Å². The molecule has 0 saturated carbocycles. The number of alkyl carbamates (subject to hydrolysis) is 1. The summed E-state index contributed by atoms with van der Waals surface area (Å²) in [5, 5.41) is 4.02. The molecule has 0 aliphatic heterocycles. The molecule has 1 aromatic carbocycles.